The van der Waals surface area contributed by atoms with Gasteiger partial charge in [0.15, 0.2) is 0 Å². The Kier molecular flexibility index (Phi) is 10.9. The second-order valence-electron chi connectivity index (χ2n) is 9.57. The first kappa shape index (κ1) is 33.2. The molecule has 7 nitrogen and oxygen atoms in total. The zero-order chi connectivity index (χ0) is 32.6. The van der Waals surface area contributed by atoms with Crippen LogP contribution in [0.4, 0.5) is 24.5 Å². The second kappa shape index (κ2) is 14.8. The predicted octanol–water partition coefficient (Wildman–Crippen LogP) is 7.90. The first-order chi connectivity index (χ1) is 21.4. The smallest absolute Gasteiger partial charge is 0.416 e. The highest BCUT2D eigenvalue weighted by atomic mass is 35.5. The van der Waals surface area contributed by atoms with Crippen molar-refractivity contribution in [3.63, 3.8) is 0 Å². The molecule has 3 N–H and O–H groups in total. The monoisotopic (exact) mass is 653 g/mol. The van der Waals surface area contributed by atoms with E-state index >= 15 is 0 Å². The molecule has 0 aliphatic heterocycles. The molecule has 0 aromatic heterocycles. The molecule has 0 spiro atoms. The van der Waals surface area contributed by atoms with Crippen LogP contribution in [0.15, 0.2) is 108 Å². The van der Waals surface area contributed by atoms with Crippen molar-refractivity contribution in [1.82, 2.24) is 5.32 Å². The normalized spacial score (nSPS) is 12.2. The Hall–Kier alpha value is -4.74. The van der Waals surface area contributed by atoms with Crippen molar-refractivity contribution in [3.05, 3.63) is 124 Å². The van der Waals surface area contributed by atoms with E-state index in [9.17, 15) is 27.6 Å². The van der Waals surface area contributed by atoms with Gasteiger partial charge in [-0.1, -0.05) is 48.0 Å². The van der Waals surface area contributed by atoms with E-state index in [1.807, 2.05) is 0 Å². The third-order valence-electron chi connectivity index (χ3n) is 6.28. The molecule has 232 valence electrons. The maximum atomic E-state index is 13.4. The molecule has 0 saturated carbocycles. The number of thioether (sulfide) groups is 1. The van der Waals surface area contributed by atoms with Gasteiger partial charge >= 0.3 is 6.18 Å². The topological polar surface area (TPSA) is 96.5 Å². The average Bonchev–Trinajstić information content (AvgIpc) is 3.02. The Bertz CT molecular complexity index is 1710. The number of carbonyl (C=O) groups is 3. The average molecular weight is 654 g/mol. The van der Waals surface area contributed by atoms with Crippen LogP contribution in [0.2, 0.25) is 5.02 Å². The van der Waals surface area contributed by atoms with Crippen LogP contribution in [0.1, 0.15) is 28.4 Å². The lowest BCUT2D eigenvalue weighted by atomic mass is 10.1. The summed E-state index contributed by atoms with van der Waals surface area (Å²) in [6.45, 7) is 1.58. The Labute approximate surface area is 266 Å². The van der Waals surface area contributed by atoms with Gasteiger partial charge in [0.05, 0.1) is 28.6 Å². The van der Waals surface area contributed by atoms with Gasteiger partial charge in [0.1, 0.15) is 11.4 Å². The summed E-state index contributed by atoms with van der Waals surface area (Å²) in [5, 5.41) is 7.12. The number of ether oxygens (including phenoxy) is 1. The number of nitrogens with one attached hydrogen (secondary N) is 3. The van der Waals surface area contributed by atoms with Gasteiger partial charge in [-0.2, -0.15) is 13.2 Å². The summed E-state index contributed by atoms with van der Waals surface area (Å²) in [7, 11) is 1.54. The fourth-order valence-corrected chi connectivity index (χ4v) is 5.04. The molecule has 1 unspecified atom stereocenters. The van der Waals surface area contributed by atoms with Crippen LogP contribution in [-0.4, -0.2) is 30.1 Å². The van der Waals surface area contributed by atoms with Crippen LogP contribution in [0.3, 0.4) is 0 Å². The lowest BCUT2D eigenvalue weighted by molar-refractivity contribution is -0.137. The number of methoxy groups -OCH3 is 1. The van der Waals surface area contributed by atoms with Crippen molar-refractivity contribution in [2.45, 2.75) is 23.2 Å². The summed E-state index contributed by atoms with van der Waals surface area (Å²) >= 11 is 7.14. The Morgan fingerprint density at radius 1 is 0.889 bits per heavy atom. The van der Waals surface area contributed by atoms with E-state index in [0.29, 0.717) is 27.5 Å². The molecule has 4 aromatic carbocycles. The Balaban J connectivity index is 1.48. The minimum atomic E-state index is -4.59. The van der Waals surface area contributed by atoms with Crippen LogP contribution in [0.25, 0.3) is 6.08 Å². The molecular weight excluding hydrogens is 627 g/mol. The molecule has 0 fully saturated rings. The molecule has 4 aromatic rings. The standard InChI is InChI=1S/C33H27ClF3N3O4S/c1-20(30(41)39-28-18-23(33(35,36)37)13-16-27(28)34)45-26-10-6-9-24(19-26)38-32(43)29(17-21-11-14-25(44-2)15-12-21)40-31(42)22-7-4-3-5-8-22/h3-20H,1-2H3,(H,38,43)(H,39,41)(H,40,42)/b29-17+. The van der Waals surface area contributed by atoms with Crippen LogP contribution < -0.4 is 20.7 Å². The lowest BCUT2D eigenvalue weighted by Crippen LogP contribution is -2.30. The Morgan fingerprint density at radius 3 is 2.27 bits per heavy atom. The highest BCUT2D eigenvalue weighted by Gasteiger charge is 2.31. The van der Waals surface area contributed by atoms with Crippen molar-refractivity contribution in [1.29, 1.82) is 0 Å². The van der Waals surface area contributed by atoms with Crippen molar-refractivity contribution in [2.24, 2.45) is 0 Å². The Morgan fingerprint density at radius 2 is 1.60 bits per heavy atom. The van der Waals surface area contributed by atoms with Gasteiger partial charge in [-0.25, -0.2) is 0 Å². The van der Waals surface area contributed by atoms with E-state index in [-0.39, 0.29) is 16.4 Å². The summed E-state index contributed by atoms with van der Waals surface area (Å²) in [5.74, 6) is -1.01. The van der Waals surface area contributed by atoms with E-state index in [4.69, 9.17) is 16.3 Å². The number of carbonyl (C=O) groups excluding carboxylic acids is 3. The maximum absolute atomic E-state index is 13.4. The zero-order valence-corrected chi connectivity index (χ0v) is 25.5. The molecule has 0 aliphatic carbocycles. The van der Waals surface area contributed by atoms with Gasteiger partial charge in [0, 0.05) is 16.1 Å². The summed E-state index contributed by atoms with van der Waals surface area (Å²) in [6.07, 6.45) is -3.07. The van der Waals surface area contributed by atoms with E-state index < -0.39 is 34.7 Å². The molecule has 12 heteroatoms. The van der Waals surface area contributed by atoms with Crippen molar-refractivity contribution in [2.75, 3.05) is 17.7 Å². The third-order valence-corrected chi connectivity index (χ3v) is 7.70. The molecule has 0 saturated heterocycles. The summed E-state index contributed by atoms with van der Waals surface area (Å²) in [5.41, 5.74) is 0.276. The largest absolute Gasteiger partial charge is 0.497 e. The van der Waals surface area contributed by atoms with Crippen LogP contribution in [0, 0.1) is 0 Å². The fraction of sp³-hybridized carbons (Fsp3) is 0.121. The van der Waals surface area contributed by atoms with Gasteiger partial charge in [-0.3, -0.25) is 14.4 Å². The first-order valence-corrected chi connectivity index (χ1v) is 14.7. The van der Waals surface area contributed by atoms with Crippen LogP contribution >= 0.6 is 23.4 Å². The molecule has 0 bridgehead atoms. The molecule has 45 heavy (non-hydrogen) atoms. The van der Waals surface area contributed by atoms with Gasteiger partial charge in [-0.15, -0.1) is 11.8 Å². The van der Waals surface area contributed by atoms with Crippen molar-refractivity contribution in [3.8, 4) is 5.75 Å². The summed E-state index contributed by atoms with van der Waals surface area (Å²) < 4.78 is 44.5. The number of anilines is 2. The van der Waals surface area contributed by atoms with Gasteiger partial charge in [0.25, 0.3) is 11.8 Å². The molecule has 0 radical (unpaired) electrons. The quantitative estimate of drug-likeness (QED) is 0.119. The number of alkyl halides is 3. The highest BCUT2D eigenvalue weighted by Crippen LogP contribution is 2.34. The highest BCUT2D eigenvalue weighted by molar-refractivity contribution is 8.00. The predicted molar refractivity (Wildman–Crippen MR) is 170 cm³/mol. The molecule has 1 atom stereocenters. The molecule has 4 rings (SSSR count). The number of amides is 3. The number of benzene rings is 4. The first-order valence-electron chi connectivity index (χ1n) is 13.4. The maximum Gasteiger partial charge on any atom is 0.416 e. The summed E-state index contributed by atoms with van der Waals surface area (Å²) in [4.78, 5) is 39.7. The van der Waals surface area contributed by atoms with Gasteiger partial charge < -0.3 is 20.7 Å². The number of hydrogen-bond donors (Lipinski definition) is 3. The zero-order valence-electron chi connectivity index (χ0n) is 23.9. The minimum Gasteiger partial charge on any atom is -0.497 e. The van der Waals surface area contributed by atoms with E-state index in [1.165, 1.54) is 13.2 Å². The minimum absolute atomic E-state index is 0.0159. The van der Waals surface area contributed by atoms with Crippen LogP contribution in [0.5, 0.6) is 5.75 Å². The summed E-state index contributed by atoms with van der Waals surface area (Å²) in [6, 6.07) is 24.7. The SMILES string of the molecule is COc1ccc(/C=C(/NC(=O)c2ccccc2)C(=O)Nc2cccc(SC(C)C(=O)Nc3cc(C(F)(F)F)ccc3Cl)c2)cc1. The van der Waals surface area contributed by atoms with Gasteiger partial charge in [-0.05, 0) is 79.2 Å². The number of hydrogen-bond acceptors (Lipinski definition) is 5. The lowest BCUT2D eigenvalue weighted by Gasteiger charge is -2.15. The molecular formula is C33H27ClF3N3O4S. The third kappa shape index (κ3) is 9.37. The number of rotatable bonds is 10. The van der Waals surface area contributed by atoms with E-state index in [1.54, 1.807) is 85.8 Å². The number of halogens is 4. The fourth-order valence-electron chi connectivity index (χ4n) is 3.94. The molecule has 3 amide bonds. The molecule has 0 heterocycles. The van der Waals surface area contributed by atoms with Crippen molar-refractivity contribution < 1.29 is 32.3 Å². The molecule has 0 aliphatic rings. The van der Waals surface area contributed by atoms with E-state index in [2.05, 4.69) is 16.0 Å². The van der Waals surface area contributed by atoms with Crippen molar-refractivity contribution >= 4 is 58.5 Å². The second-order valence-corrected chi connectivity index (χ2v) is 11.4. The van der Waals surface area contributed by atoms with E-state index in [0.717, 1.165) is 30.0 Å². The van der Waals surface area contributed by atoms with Crippen LogP contribution in [-0.2, 0) is 15.8 Å². The van der Waals surface area contributed by atoms with Gasteiger partial charge in [0.2, 0.25) is 5.91 Å².